The fourth-order valence-electron chi connectivity index (χ4n) is 0.959. The number of sulfone groups is 1. The standard InChI is InChI=1S/C8H11N3O3S/c1-15(13,14)5-11-7-4-10-3-2-6(7)8(9)12/h2-4,11H,5H2,1H3,(H2,9,12). The smallest absolute Gasteiger partial charge is 0.250 e. The van der Waals surface area contributed by atoms with Crippen molar-refractivity contribution >= 4 is 21.4 Å². The third kappa shape index (κ3) is 3.55. The zero-order chi connectivity index (χ0) is 11.5. The number of nitrogens with one attached hydrogen (secondary N) is 1. The van der Waals surface area contributed by atoms with Crippen LogP contribution in [0.4, 0.5) is 5.69 Å². The second-order valence-corrected chi connectivity index (χ2v) is 5.17. The summed E-state index contributed by atoms with van der Waals surface area (Å²) in [7, 11) is -3.16. The van der Waals surface area contributed by atoms with Crippen LogP contribution in [-0.4, -0.2) is 31.4 Å². The Morgan fingerprint density at radius 3 is 2.80 bits per heavy atom. The first-order valence-corrected chi connectivity index (χ1v) is 6.11. The minimum absolute atomic E-state index is 0.216. The molecule has 0 radical (unpaired) electrons. The minimum Gasteiger partial charge on any atom is -0.370 e. The molecule has 0 aliphatic carbocycles. The number of anilines is 1. The first kappa shape index (κ1) is 11.4. The number of nitrogens with two attached hydrogens (primary N) is 1. The Balaban J connectivity index is 2.90. The highest BCUT2D eigenvalue weighted by atomic mass is 32.2. The summed E-state index contributed by atoms with van der Waals surface area (Å²) in [6, 6.07) is 1.42. The van der Waals surface area contributed by atoms with Crippen LogP contribution in [0.5, 0.6) is 0 Å². The van der Waals surface area contributed by atoms with E-state index in [1.54, 1.807) is 0 Å². The van der Waals surface area contributed by atoms with E-state index in [1.165, 1.54) is 18.5 Å². The second-order valence-electron chi connectivity index (χ2n) is 3.03. The fourth-order valence-corrected chi connectivity index (χ4v) is 1.38. The maximum absolute atomic E-state index is 11.0. The number of aromatic nitrogens is 1. The molecule has 7 heteroatoms. The van der Waals surface area contributed by atoms with Gasteiger partial charge in [-0.1, -0.05) is 0 Å². The number of hydrogen-bond acceptors (Lipinski definition) is 5. The Hall–Kier alpha value is -1.63. The van der Waals surface area contributed by atoms with Crippen molar-refractivity contribution in [3.8, 4) is 0 Å². The van der Waals surface area contributed by atoms with Crippen molar-refractivity contribution in [2.75, 3.05) is 17.4 Å². The van der Waals surface area contributed by atoms with Crippen LogP contribution in [0, 0.1) is 0 Å². The monoisotopic (exact) mass is 229 g/mol. The van der Waals surface area contributed by atoms with Crippen molar-refractivity contribution in [1.29, 1.82) is 0 Å². The lowest BCUT2D eigenvalue weighted by Gasteiger charge is -2.07. The van der Waals surface area contributed by atoms with Gasteiger partial charge in [-0.15, -0.1) is 0 Å². The Bertz CT molecular complexity index is 470. The van der Waals surface area contributed by atoms with E-state index < -0.39 is 15.7 Å². The van der Waals surface area contributed by atoms with Crippen LogP contribution in [0.25, 0.3) is 0 Å². The molecule has 6 nitrogen and oxygen atoms in total. The number of pyridine rings is 1. The van der Waals surface area contributed by atoms with E-state index in [-0.39, 0.29) is 11.4 Å². The van der Waals surface area contributed by atoms with E-state index >= 15 is 0 Å². The molecule has 0 aromatic carbocycles. The predicted molar refractivity (Wildman–Crippen MR) is 56.1 cm³/mol. The zero-order valence-electron chi connectivity index (χ0n) is 8.10. The number of primary amides is 1. The number of amides is 1. The first-order chi connectivity index (χ1) is 6.90. The molecule has 3 N–H and O–H groups in total. The molecule has 0 aliphatic rings. The van der Waals surface area contributed by atoms with Crippen LogP contribution in [0.3, 0.4) is 0 Å². The van der Waals surface area contributed by atoms with Gasteiger partial charge in [0.05, 0.1) is 17.4 Å². The largest absolute Gasteiger partial charge is 0.370 e. The summed E-state index contributed by atoms with van der Waals surface area (Å²) in [6.07, 6.45) is 3.84. The van der Waals surface area contributed by atoms with Crippen molar-refractivity contribution in [1.82, 2.24) is 4.98 Å². The molecule has 0 fully saturated rings. The quantitative estimate of drug-likeness (QED) is 0.731. The molecule has 15 heavy (non-hydrogen) atoms. The third-order valence-corrected chi connectivity index (χ3v) is 2.28. The van der Waals surface area contributed by atoms with Crippen LogP contribution in [-0.2, 0) is 9.84 Å². The van der Waals surface area contributed by atoms with Gasteiger partial charge in [-0.05, 0) is 6.07 Å². The summed E-state index contributed by atoms with van der Waals surface area (Å²) in [5.74, 6) is -0.896. The average Bonchev–Trinajstić information content (AvgIpc) is 2.14. The normalized spacial score (nSPS) is 11.0. The molecule has 0 bridgehead atoms. The van der Waals surface area contributed by atoms with Crippen LogP contribution in [0.2, 0.25) is 0 Å². The van der Waals surface area contributed by atoms with Crippen molar-refractivity contribution in [2.24, 2.45) is 5.73 Å². The predicted octanol–water partition coefficient (Wildman–Crippen LogP) is -0.405. The lowest BCUT2D eigenvalue weighted by atomic mass is 10.2. The van der Waals surface area contributed by atoms with Gasteiger partial charge in [0.1, 0.15) is 5.88 Å². The van der Waals surface area contributed by atoms with Gasteiger partial charge in [-0.2, -0.15) is 0 Å². The summed E-state index contributed by atoms with van der Waals surface area (Å²) in [5, 5.41) is 2.58. The number of nitrogens with zero attached hydrogens (tertiary/aromatic N) is 1. The van der Waals surface area contributed by atoms with E-state index in [9.17, 15) is 13.2 Å². The molecule has 1 aromatic rings. The average molecular weight is 229 g/mol. The van der Waals surface area contributed by atoms with Crippen molar-refractivity contribution < 1.29 is 13.2 Å². The van der Waals surface area contributed by atoms with Gasteiger partial charge < -0.3 is 11.1 Å². The highest BCUT2D eigenvalue weighted by Gasteiger charge is 2.09. The molecule has 1 heterocycles. The second kappa shape index (κ2) is 4.26. The summed E-state index contributed by atoms with van der Waals surface area (Å²) in [6.45, 7) is 0. The van der Waals surface area contributed by atoms with Gasteiger partial charge in [-0.3, -0.25) is 9.78 Å². The molecule has 1 amide bonds. The Morgan fingerprint density at radius 2 is 2.27 bits per heavy atom. The van der Waals surface area contributed by atoms with Crippen LogP contribution < -0.4 is 11.1 Å². The highest BCUT2D eigenvalue weighted by Crippen LogP contribution is 2.12. The molecule has 0 saturated carbocycles. The van der Waals surface area contributed by atoms with Gasteiger partial charge in [0.15, 0.2) is 9.84 Å². The van der Waals surface area contributed by atoms with E-state index in [4.69, 9.17) is 5.73 Å². The summed E-state index contributed by atoms with van der Waals surface area (Å²) < 4.78 is 21.8. The van der Waals surface area contributed by atoms with Crippen molar-refractivity contribution in [3.63, 3.8) is 0 Å². The molecule has 0 spiro atoms. The van der Waals surface area contributed by atoms with E-state index in [0.717, 1.165) is 6.26 Å². The van der Waals surface area contributed by atoms with Gasteiger partial charge in [0.2, 0.25) is 0 Å². The fraction of sp³-hybridized carbons (Fsp3) is 0.250. The Kier molecular flexibility index (Phi) is 3.25. The molecular weight excluding hydrogens is 218 g/mol. The number of carbonyl (C=O) groups excluding carboxylic acids is 1. The van der Waals surface area contributed by atoms with Crippen molar-refractivity contribution in [3.05, 3.63) is 24.0 Å². The summed E-state index contributed by atoms with van der Waals surface area (Å²) in [5.41, 5.74) is 5.63. The molecule has 1 aromatic heterocycles. The molecule has 82 valence electrons. The molecule has 0 unspecified atom stereocenters. The maximum Gasteiger partial charge on any atom is 0.250 e. The zero-order valence-corrected chi connectivity index (χ0v) is 8.91. The number of hydrogen-bond donors (Lipinski definition) is 2. The summed E-state index contributed by atoms with van der Waals surface area (Å²) >= 11 is 0. The van der Waals surface area contributed by atoms with E-state index in [1.807, 2.05) is 0 Å². The molecule has 0 saturated heterocycles. The lowest BCUT2D eigenvalue weighted by molar-refractivity contribution is 0.100. The van der Waals surface area contributed by atoms with Crippen molar-refractivity contribution in [2.45, 2.75) is 0 Å². The SMILES string of the molecule is CS(=O)(=O)CNc1cnccc1C(N)=O. The van der Waals surface area contributed by atoms with Crippen LogP contribution >= 0.6 is 0 Å². The summed E-state index contributed by atoms with van der Waals surface area (Å²) in [4.78, 5) is 14.7. The Labute approximate surface area is 87.4 Å². The molecule has 1 rings (SSSR count). The minimum atomic E-state index is -3.16. The van der Waals surface area contributed by atoms with E-state index in [0.29, 0.717) is 5.69 Å². The third-order valence-electron chi connectivity index (χ3n) is 1.61. The number of carbonyl (C=O) groups is 1. The lowest BCUT2D eigenvalue weighted by Crippen LogP contribution is -2.18. The van der Waals surface area contributed by atoms with Gasteiger partial charge >= 0.3 is 0 Å². The maximum atomic E-state index is 11.0. The van der Waals surface area contributed by atoms with Gasteiger partial charge in [-0.25, -0.2) is 8.42 Å². The topological polar surface area (TPSA) is 102 Å². The number of rotatable bonds is 4. The molecular formula is C8H11N3O3S. The Morgan fingerprint density at radius 1 is 1.60 bits per heavy atom. The van der Waals surface area contributed by atoms with Gasteiger partial charge in [0, 0.05) is 12.5 Å². The van der Waals surface area contributed by atoms with E-state index in [2.05, 4.69) is 10.3 Å². The van der Waals surface area contributed by atoms with Crippen LogP contribution in [0.15, 0.2) is 18.5 Å². The molecule has 0 aliphatic heterocycles. The molecule has 0 atom stereocenters. The van der Waals surface area contributed by atoms with Gasteiger partial charge in [0.25, 0.3) is 5.91 Å². The first-order valence-electron chi connectivity index (χ1n) is 4.05. The highest BCUT2D eigenvalue weighted by molar-refractivity contribution is 7.90. The van der Waals surface area contributed by atoms with Crippen LogP contribution in [0.1, 0.15) is 10.4 Å².